The van der Waals surface area contributed by atoms with Crippen molar-refractivity contribution < 1.29 is 4.39 Å². The Labute approximate surface area is 125 Å². The van der Waals surface area contributed by atoms with E-state index in [1.165, 1.54) is 12.1 Å². The predicted molar refractivity (Wildman–Crippen MR) is 78.7 cm³/mol. The van der Waals surface area contributed by atoms with Crippen molar-refractivity contribution in [3.63, 3.8) is 0 Å². The summed E-state index contributed by atoms with van der Waals surface area (Å²) in [5.74, 6) is 0.302. The summed E-state index contributed by atoms with van der Waals surface area (Å²) in [5, 5.41) is 3.28. The number of halogens is 2. The standard InChI is InChI=1S/C14H11ClFN5/c15-14-20-12(11-13(21-14)19-8-7-17-11)18-6-5-9-1-3-10(16)4-2-9/h1-4,7-8H,5-6H2,(H,18,19,20,21). The molecule has 0 saturated heterocycles. The summed E-state index contributed by atoms with van der Waals surface area (Å²) >= 11 is 5.87. The molecule has 0 aliphatic rings. The molecule has 0 amide bonds. The Balaban J connectivity index is 1.74. The number of nitrogens with one attached hydrogen (secondary N) is 1. The van der Waals surface area contributed by atoms with E-state index in [1.54, 1.807) is 24.5 Å². The molecular weight excluding hydrogens is 293 g/mol. The van der Waals surface area contributed by atoms with Crippen LogP contribution < -0.4 is 5.32 Å². The smallest absolute Gasteiger partial charge is 0.226 e. The lowest BCUT2D eigenvalue weighted by Gasteiger charge is -2.07. The van der Waals surface area contributed by atoms with Gasteiger partial charge in [-0.1, -0.05) is 12.1 Å². The van der Waals surface area contributed by atoms with Crippen LogP contribution in [-0.4, -0.2) is 26.5 Å². The van der Waals surface area contributed by atoms with Crippen LogP contribution in [0.1, 0.15) is 5.56 Å². The molecule has 0 radical (unpaired) electrons. The van der Waals surface area contributed by atoms with Crippen LogP contribution in [0.4, 0.5) is 10.2 Å². The van der Waals surface area contributed by atoms with Gasteiger partial charge in [0.15, 0.2) is 17.0 Å². The van der Waals surface area contributed by atoms with E-state index in [9.17, 15) is 4.39 Å². The third kappa shape index (κ3) is 3.22. The third-order valence-electron chi connectivity index (χ3n) is 2.92. The molecule has 0 fully saturated rings. The van der Waals surface area contributed by atoms with Gasteiger partial charge in [-0.25, -0.2) is 14.4 Å². The average Bonchev–Trinajstić information content (AvgIpc) is 2.49. The Hall–Kier alpha value is -2.34. The molecule has 0 unspecified atom stereocenters. The molecule has 1 N–H and O–H groups in total. The molecule has 1 aromatic carbocycles. The maximum absolute atomic E-state index is 12.8. The van der Waals surface area contributed by atoms with Crippen LogP contribution in [0, 0.1) is 5.82 Å². The first-order valence-corrected chi connectivity index (χ1v) is 6.73. The second kappa shape index (κ2) is 5.97. The summed E-state index contributed by atoms with van der Waals surface area (Å²) in [4.78, 5) is 16.4. The molecule has 0 bridgehead atoms. The summed E-state index contributed by atoms with van der Waals surface area (Å²) < 4.78 is 12.8. The molecule has 3 rings (SSSR count). The molecule has 3 aromatic rings. The monoisotopic (exact) mass is 303 g/mol. The highest BCUT2D eigenvalue weighted by Gasteiger charge is 2.08. The fourth-order valence-corrected chi connectivity index (χ4v) is 2.10. The van der Waals surface area contributed by atoms with Crippen molar-refractivity contribution in [2.75, 3.05) is 11.9 Å². The van der Waals surface area contributed by atoms with Gasteiger partial charge in [0.25, 0.3) is 0 Å². The Morgan fingerprint density at radius 2 is 1.81 bits per heavy atom. The van der Waals surface area contributed by atoms with Gasteiger partial charge in [-0.15, -0.1) is 0 Å². The predicted octanol–water partition coefficient (Wildman–Crippen LogP) is 2.87. The quantitative estimate of drug-likeness (QED) is 0.751. The summed E-state index contributed by atoms with van der Waals surface area (Å²) in [5.41, 5.74) is 2.04. The number of nitrogens with zero attached hydrogens (tertiary/aromatic N) is 4. The molecule has 0 atom stereocenters. The van der Waals surface area contributed by atoms with E-state index in [1.807, 2.05) is 0 Å². The van der Waals surface area contributed by atoms with Crippen molar-refractivity contribution in [2.24, 2.45) is 0 Å². The first-order valence-electron chi connectivity index (χ1n) is 6.35. The highest BCUT2D eigenvalue weighted by atomic mass is 35.5. The van der Waals surface area contributed by atoms with E-state index in [0.717, 1.165) is 12.0 Å². The van der Waals surface area contributed by atoms with E-state index >= 15 is 0 Å². The highest BCUT2D eigenvalue weighted by Crippen LogP contribution is 2.17. The topological polar surface area (TPSA) is 63.6 Å². The van der Waals surface area contributed by atoms with Crippen molar-refractivity contribution in [1.29, 1.82) is 0 Å². The van der Waals surface area contributed by atoms with Gasteiger partial charge in [-0.3, -0.25) is 0 Å². The van der Waals surface area contributed by atoms with Gasteiger partial charge in [-0.05, 0) is 35.7 Å². The molecule has 5 nitrogen and oxygen atoms in total. The van der Waals surface area contributed by atoms with Crippen LogP contribution in [-0.2, 0) is 6.42 Å². The van der Waals surface area contributed by atoms with E-state index in [4.69, 9.17) is 11.6 Å². The number of fused-ring (bicyclic) bond motifs is 1. The Morgan fingerprint density at radius 1 is 1.05 bits per heavy atom. The molecule has 106 valence electrons. The first-order chi connectivity index (χ1) is 10.2. The van der Waals surface area contributed by atoms with E-state index < -0.39 is 0 Å². The van der Waals surface area contributed by atoms with Crippen LogP contribution in [0.15, 0.2) is 36.7 Å². The minimum Gasteiger partial charge on any atom is -0.368 e. The second-order valence-electron chi connectivity index (χ2n) is 4.37. The van der Waals surface area contributed by atoms with Crippen LogP contribution in [0.2, 0.25) is 5.28 Å². The first kappa shape index (κ1) is 13.6. The molecule has 2 aromatic heterocycles. The molecule has 0 aliphatic carbocycles. The van der Waals surface area contributed by atoms with Crippen molar-refractivity contribution in [1.82, 2.24) is 19.9 Å². The minimum atomic E-state index is -0.240. The van der Waals surface area contributed by atoms with Crippen molar-refractivity contribution in [3.05, 3.63) is 53.3 Å². The van der Waals surface area contributed by atoms with Crippen LogP contribution >= 0.6 is 11.6 Å². The van der Waals surface area contributed by atoms with E-state index in [0.29, 0.717) is 23.5 Å². The molecule has 0 saturated carbocycles. The van der Waals surface area contributed by atoms with E-state index in [-0.39, 0.29) is 11.1 Å². The molecule has 0 aliphatic heterocycles. The largest absolute Gasteiger partial charge is 0.368 e. The zero-order chi connectivity index (χ0) is 14.7. The SMILES string of the molecule is Fc1ccc(CCNc2nc(Cl)nc3nccnc23)cc1. The lowest BCUT2D eigenvalue weighted by atomic mass is 10.1. The maximum atomic E-state index is 12.8. The van der Waals surface area contributed by atoms with Gasteiger partial charge < -0.3 is 5.32 Å². The Bertz CT molecular complexity index is 763. The molecule has 0 spiro atoms. The van der Waals surface area contributed by atoms with Gasteiger partial charge in [0.2, 0.25) is 5.28 Å². The fourth-order valence-electron chi connectivity index (χ4n) is 1.94. The van der Waals surface area contributed by atoms with Crippen LogP contribution in [0.5, 0.6) is 0 Å². The molecule has 7 heteroatoms. The van der Waals surface area contributed by atoms with Crippen molar-refractivity contribution >= 4 is 28.6 Å². The number of anilines is 1. The minimum absolute atomic E-state index is 0.118. The Morgan fingerprint density at radius 3 is 2.62 bits per heavy atom. The zero-order valence-electron chi connectivity index (χ0n) is 10.9. The van der Waals surface area contributed by atoms with Gasteiger partial charge in [0.05, 0.1) is 0 Å². The lowest BCUT2D eigenvalue weighted by Crippen LogP contribution is -2.08. The number of aromatic nitrogens is 4. The molecular formula is C14H11ClFN5. The van der Waals surface area contributed by atoms with Gasteiger partial charge in [0.1, 0.15) is 5.82 Å². The summed E-state index contributed by atoms with van der Waals surface area (Å²) in [6.45, 7) is 0.616. The third-order valence-corrected chi connectivity index (χ3v) is 3.09. The number of hydrogen-bond acceptors (Lipinski definition) is 5. The van der Waals surface area contributed by atoms with Gasteiger partial charge in [0, 0.05) is 18.9 Å². The van der Waals surface area contributed by atoms with Crippen molar-refractivity contribution in [3.8, 4) is 0 Å². The van der Waals surface area contributed by atoms with Gasteiger partial charge in [-0.2, -0.15) is 9.97 Å². The average molecular weight is 304 g/mol. The molecule has 2 heterocycles. The molecule has 21 heavy (non-hydrogen) atoms. The fraction of sp³-hybridized carbons (Fsp3) is 0.143. The van der Waals surface area contributed by atoms with E-state index in [2.05, 4.69) is 25.3 Å². The van der Waals surface area contributed by atoms with Crippen LogP contribution in [0.3, 0.4) is 0 Å². The number of benzene rings is 1. The number of rotatable bonds is 4. The summed E-state index contributed by atoms with van der Waals surface area (Å²) in [7, 11) is 0. The van der Waals surface area contributed by atoms with Crippen molar-refractivity contribution in [2.45, 2.75) is 6.42 Å². The summed E-state index contributed by atoms with van der Waals surface area (Å²) in [6, 6.07) is 6.39. The normalized spacial score (nSPS) is 10.8. The zero-order valence-corrected chi connectivity index (χ0v) is 11.7. The van der Waals surface area contributed by atoms with Gasteiger partial charge >= 0.3 is 0 Å². The highest BCUT2D eigenvalue weighted by molar-refractivity contribution is 6.28. The lowest BCUT2D eigenvalue weighted by molar-refractivity contribution is 0.627. The number of hydrogen-bond donors (Lipinski definition) is 1. The van der Waals surface area contributed by atoms with Crippen LogP contribution in [0.25, 0.3) is 11.2 Å². The maximum Gasteiger partial charge on any atom is 0.226 e. The second-order valence-corrected chi connectivity index (χ2v) is 4.71. The Kier molecular flexibility index (Phi) is 3.87. The summed E-state index contributed by atoms with van der Waals surface area (Å²) in [6.07, 6.45) is 3.85.